The third-order valence-corrected chi connectivity index (χ3v) is 11.4. The van der Waals surface area contributed by atoms with E-state index in [4.69, 9.17) is 28.4 Å². The molecule has 14 nitrogen and oxygen atoms in total. The number of aliphatic hydroxyl groups is 7. The zero-order chi connectivity index (χ0) is 45.2. The van der Waals surface area contributed by atoms with Crippen LogP contribution in [0.3, 0.4) is 0 Å². The smallest absolute Gasteiger partial charge is 0.306 e. The Balaban J connectivity index is 1.56. The summed E-state index contributed by atoms with van der Waals surface area (Å²) in [5.74, 6) is -0.413. The van der Waals surface area contributed by atoms with E-state index >= 15 is 0 Å². The van der Waals surface area contributed by atoms with E-state index < -0.39 is 86.7 Å². The van der Waals surface area contributed by atoms with Crippen molar-refractivity contribution < 1.29 is 69.0 Å². The summed E-state index contributed by atoms with van der Waals surface area (Å²) in [6.45, 7) is 3.40. The van der Waals surface area contributed by atoms with Crippen molar-refractivity contribution >= 4 is 5.97 Å². The van der Waals surface area contributed by atoms with Crippen molar-refractivity contribution in [1.29, 1.82) is 0 Å². The lowest BCUT2D eigenvalue weighted by molar-refractivity contribution is -0.332. The van der Waals surface area contributed by atoms with Crippen molar-refractivity contribution in [3.8, 4) is 0 Å². The number of hydrogen-bond donors (Lipinski definition) is 7. The monoisotopic (exact) mass is 887 g/mol. The van der Waals surface area contributed by atoms with Crippen LogP contribution in [-0.2, 0) is 33.2 Å². The molecule has 2 aliphatic heterocycles. The summed E-state index contributed by atoms with van der Waals surface area (Å²) in [5, 5.41) is 71.5. The Bertz CT molecular complexity index is 1170. The second kappa shape index (κ2) is 36.4. The van der Waals surface area contributed by atoms with Gasteiger partial charge >= 0.3 is 5.97 Å². The van der Waals surface area contributed by atoms with Gasteiger partial charge in [-0.3, -0.25) is 4.79 Å². The van der Waals surface area contributed by atoms with Gasteiger partial charge < -0.3 is 64.2 Å². The molecule has 14 heteroatoms. The Labute approximate surface area is 372 Å². The van der Waals surface area contributed by atoms with Crippen LogP contribution in [0.5, 0.6) is 0 Å². The molecule has 0 bridgehead atoms. The minimum absolute atomic E-state index is 0.0561. The van der Waals surface area contributed by atoms with Crippen LogP contribution in [0.15, 0.2) is 36.5 Å². The highest BCUT2D eigenvalue weighted by Gasteiger charge is 2.47. The summed E-state index contributed by atoms with van der Waals surface area (Å²) >= 11 is 0. The maximum atomic E-state index is 12.5. The van der Waals surface area contributed by atoms with Crippen molar-refractivity contribution in [2.45, 2.75) is 229 Å². The molecule has 0 spiro atoms. The van der Waals surface area contributed by atoms with Gasteiger partial charge in [-0.05, 0) is 51.4 Å². The van der Waals surface area contributed by atoms with Gasteiger partial charge in [-0.15, -0.1) is 0 Å². The largest absolute Gasteiger partial charge is 0.457 e. The van der Waals surface area contributed by atoms with Crippen molar-refractivity contribution in [2.24, 2.45) is 0 Å². The number of allylic oxidation sites excluding steroid dienone is 6. The molecule has 0 radical (unpaired) electrons. The van der Waals surface area contributed by atoms with Gasteiger partial charge in [0.2, 0.25) is 0 Å². The second-order valence-corrected chi connectivity index (χ2v) is 16.9. The fourth-order valence-corrected chi connectivity index (χ4v) is 7.39. The molecular weight excluding hydrogens is 801 g/mol. The number of ether oxygens (including phenoxy) is 6. The number of hydrogen-bond acceptors (Lipinski definition) is 14. The van der Waals surface area contributed by atoms with Crippen LogP contribution in [0.1, 0.15) is 162 Å². The third-order valence-electron chi connectivity index (χ3n) is 11.4. The topological polar surface area (TPSA) is 214 Å². The van der Waals surface area contributed by atoms with E-state index in [2.05, 4.69) is 43.4 Å². The minimum Gasteiger partial charge on any atom is -0.457 e. The number of unbranched alkanes of at least 4 members (excludes halogenated alkanes) is 17. The zero-order valence-corrected chi connectivity index (χ0v) is 38.1. The van der Waals surface area contributed by atoms with Crippen molar-refractivity contribution in [3.05, 3.63) is 36.5 Å². The first-order chi connectivity index (χ1) is 30.1. The lowest BCUT2D eigenvalue weighted by Gasteiger charge is -2.42. The van der Waals surface area contributed by atoms with Crippen LogP contribution >= 0.6 is 0 Å². The van der Waals surface area contributed by atoms with Gasteiger partial charge in [-0.25, -0.2) is 0 Å². The van der Waals surface area contributed by atoms with E-state index in [1.165, 1.54) is 96.3 Å². The Hall–Kier alpha value is -1.79. The van der Waals surface area contributed by atoms with E-state index in [0.29, 0.717) is 13.0 Å². The molecule has 0 aromatic rings. The van der Waals surface area contributed by atoms with E-state index in [-0.39, 0.29) is 19.6 Å². The summed E-state index contributed by atoms with van der Waals surface area (Å²) in [5.41, 5.74) is 0. The fourth-order valence-electron chi connectivity index (χ4n) is 7.39. The third kappa shape index (κ3) is 24.5. The number of carbonyl (C=O) groups excluding carboxylic acids is 1. The molecule has 2 aliphatic rings. The highest BCUT2D eigenvalue weighted by atomic mass is 16.7. The zero-order valence-electron chi connectivity index (χ0n) is 38.1. The van der Waals surface area contributed by atoms with Crippen LogP contribution in [0.4, 0.5) is 0 Å². The van der Waals surface area contributed by atoms with Crippen LogP contribution in [0.25, 0.3) is 0 Å². The van der Waals surface area contributed by atoms with Gasteiger partial charge in [-0.1, -0.05) is 140 Å². The van der Waals surface area contributed by atoms with Crippen molar-refractivity contribution in [3.63, 3.8) is 0 Å². The Morgan fingerprint density at radius 3 is 1.55 bits per heavy atom. The first-order valence-corrected chi connectivity index (χ1v) is 24.1. The highest BCUT2D eigenvalue weighted by molar-refractivity contribution is 5.69. The number of aliphatic hydroxyl groups excluding tert-OH is 7. The van der Waals surface area contributed by atoms with Gasteiger partial charge in [0.1, 0.15) is 54.9 Å². The molecule has 0 amide bonds. The van der Waals surface area contributed by atoms with Gasteiger partial charge in [0.15, 0.2) is 12.6 Å². The SMILES string of the molecule is CCCCCCC/C=C\C/C=C\C/C=C\CCCCCCCCCCCCCOCC(COC1OC(COC2OC(CO)C(O)C(O)C2O)C(O)C(O)C1O)OC(=O)CCCC. The summed E-state index contributed by atoms with van der Waals surface area (Å²) in [6, 6.07) is 0. The van der Waals surface area contributed by atoms with Gasteiger partial charge in [-0.2, -0.15) is 0 Å². The van der Waals surface area contributed by atoms with Crippen molar-refractivity contribution in [1.82, 2.24) is 0 Å². The predicted octanol–water partition coefficient (Wildman–Crippen LogP) is 6.24. The molecule has 0 aliphatic carbocycles. The highest BCUT2D eigenvalue weighted by Crippen LogP contribution is 2.26. The van der Waals surface area contributed by atoms with E-state index in [1.807, 2.05) is 6.92 Å². The molecule has 2 saturated heterocycles. The van der Waals surface area contributed by atoms with Crippen LogP contribution in [0.2, 0.25) is 0 Å². The molecule has 11 unspecified atom stereocenters. The van der Waals surface area contributed by atoms with Gasteiger partial charge in [0.25, 0.3) is 0 Å². The number of esters is 1. The molecule has 0 saturated carbocycles. The molecule has 2 heterocycles. The Kier molecular flexibility index (Phi) is 33.1. The fraction of sp³-hybridized carbons (Fsp3) is 0.854. The average Bonchev–Trinajstić information content (AvgIpc) is 3.27. The second-order valence-electron chi connectivity index (χ2n) is 16.9. The number of carbonyl (C=O) groups is 1. The quantitative estimate of drug-likeness (QED) is 0.0209. The molecule has 0 aromatic heterocycles. The molecule has 7 N–H and O–H groups in total. The van der Waals surface area contributed by atoms with Crippen molar-refractivity contribution in [2.75, 3.05) is 33.0 Å². The van der Waals surface area contributed by atoms with E-state index in [0.717, 1.165) is 38.5 Å². The molecule has 362 valence electrons. The maximum Gasteiger partial charge on any atom is 0.306 e. The molecule has 0 aromatic carbocycles. The van der Waals surface area contributed by atoms with Gasteiger partial charge in [0.05, 0.1) is 26.4 Å². The van der Waals surface area contributed by atoms with Crippen LogP contribution < -0.4 is 0 Å². The van der Waals surface area contributed by atoms with E-state index in [9.17, 15) is 40.5 Å². The Morgan fingerprint density at radius 1 is 0.532 bits per heavy atom. The lowest BCUT2D eigenvalue weighted by Crippen LogP contribution is -2.61. The first-order valence-electron chi connectivity index (χ1n) is 24.1. The normalized spacial score (nSPS) is 27.5. The lowest BCUT2D eigenvalue weighted by atomic mass is 9.98. The molecule has 2 fully saturated rings. The summed E-state index contributed by atoms with van der Waals surface area (Å²) in [4.78, 5) is 12.5. The van der Waals surface area contributed by atoms with Gasteiger partial charge in [0, 0.05) is 13.0 Å². The first kappa shape index (κ1) is 56.3. The molecule has 2 rings (SSSR count). The average molecular weight is 887 g/mol. The standard InChI is InChI=1S/C48H86O14/c1-3-5-7-8-9-10-11-12-13-14-15-16-17-18-19-20-21-22-23-24-25-26-27-28-29-30-32-57-34-37(60-40(50)31-6-4-2)35-58-47-46(56)44(54)42(52)39(62-47)36-59-48-45(55)43(53)41(51)38(33-49)61-48/h11-12,14-15,17-18,37-39,41-49,51-56H,3-10,13,16,19-36H2,1-2H3/b12-11-,15-14-,18-17-. The summed E-state index contributed by atoms with van der Waals surface area (Å²) in [6.07, 6.45) is 23.6. The summed E-state index contributed by atoms with van der Waals surface area (Å²) in [7, 11) is 0. The van der Waals surface area contributed by atoms with Crippen LogP contribution in [0, 0.1) is 0 Å². The Morgan fingerprint density at radius 2 is 1.00 bits per heavy atom. The summed E-state index contributed by atoms with van der Waals surface area (Å²) < 4.78 is 33.7. The molecule has 11 atom stereocenters. The minimum atomic E-state index is -1.70. The molecule has 62 heavy (non-hydrogen) atoms. The maximum absolute atomic E-state index is 12.5. The van der Waals surface area contributed by atoms with E-state index in [1.54, 1.807) is 0 Å². The van der Waals surface area contributed by atoms with Crippen LogP contribution in [-0.4, -0.2) is 142 Å². The predicted molar refractivity (Wildman–Crippen MR) is 238 cm³/mol. The number of rotatable bonds is 37. The molecular formula is C48H86O14.